The van der Waals surface area contributed by atoms with E-state index in [1.165, 1.54) is 11.8 Å². The summed E-state index contributed by atoms with van der Waals surface area (Å²) in [6.07, 6.45) is 0. The molecule has 0 bridgehead atoms. The van der Waals surface area contributed by atoms with Crippen molar-refractivity contribution in [3.8, 4) is 11.4 Å². The van der Waals surface area contributed by atoms with Crippen LogP contribution in [0.1, 0.15) is 22.5 Å². The molecule has 8 heteroatoms. The number of para-hydroxylation sites is 2. The summed E-state index contributed by atoms with van der Waals surface area (Å²) in [5.41, 5.74) is 4.23. The largest absolute Gasteiger partial charge is 0.485 e. The highest BCUT2D eigenvalue weighted by atomic mass is 32.2. The number of rotatable bonds is 9. The molecule has 0 aliphatic carbocycles. The van der Waals surface area contributed by atoms with Crippen LogP contribution in [0.25, 0.3) is 5.69 Å². The monoisotopic (exact) mass is 478 g/mol. The molecule has 0 radical (unpaired) electrons. The summed E-state index contributed by atoms with van der Waals surface area (Å²) in [6, 6.07) is 18.0. The molecule has 6 nitrogen and oxygen atoms in total. The van der Waals surface area contributed by atoms with E-state index in [-0.39, 0.29) is 18.3 Å². The average molecular weight is 479 g/mol. The van der Waals surface area contributed by atoms with Gasteiger partial charge in [-0.15, -0.1) is 10.2 Å². The van der Waals surface area contributed by atoms with Crippen LogP contribution in [0.2, 0.25) is 0 Å². The van der Waals surface area contributed by atoms with Gasteiger partial charge in [-0.2, -0.15) is 11.3 Å². The minimum atomic E-state index is 0.0437. The second-order valence-corrected chi connectivity index (χ2v) is 9.47. The number of benzene rings is 2. The molecule has 0 saturated carbocycles. The van der Waals surface area contributed by atoms with Crippen molar-refractivity contribution in [1.82, 2.24) is 19.7 Å². The smallest absolute Gasteiger partial charge is 0.233 e. The molecule has 0 aliphatic rings. The minimum Gasteiger partial charge on any atom is -0.485 e. The number of carbonyl (C=O) groups excluding carboxylic acids is 1. The Kier molecular flexibility index (Phi) is 7.47. The molecule has 0 fully saturated rings. The molecule has 33 heavy (non-hydrogen) atoms. The lowest BCUT2D eigenvalue weighted by atomic mass is 10.1. The Hall–Kier alpha value is -3.10. The molecule has 0 unspecified atom stereocenters. The van der Waals surface area contributed by atoms with Crippen molar-refractivity contribution in [2.24, 2.45) is 0 Å². The maximum absolute atomic E-state index is 12.7. The number of ether oxygens (including phenoxy) is 1. The van der Waals surface area contributed by atoms with E-state index in [1.807, 2.05) is 85.4 Å². The minimum absolute atomic E-state index is 0.0437. The molecule has 4 rings (SSSR count). The summed E-state index contributed by atoms with van der Waals surface area (Å²) >= 11 is 3.02. The fourth-order valence-corrected chi connectivity index (χ4v) is 5.04. The van der Waals surface area contributed by atoms with Crippen LogP contribution in [0.3, 0.4) is 0 Å². The van der Waals surface area contributed by atoms with Gasteiger partial charge in [0.2, 0.25) is 5.91 Å². The SMILES string of the molecule is Cc1cccc(C)c1OCc1nnc(SCC(=O)N(C)Cc2ccsc2)n1-c1ccccc1. The van der Waals surface area contributed by atoms with E-state index in [0.29, 0.717) is 17.5 Å². The molecule has 4 aromatic rings. The lowest BCUT2D eigenvalue weighted by Crippen LogP contribution is -2.27. The van der Waals surface area contributed by atoms with Crippen LogP contribution >= 0.6 is 23.1 Å². The Balaban J connectivity index is 1.51. The normalized spacial score (nSPS) is 10.9. The predicted octanol–water partition coefficient (Wildman–Crippen LogP) is 5.28. The summed E-state index contributed by atoms with van der Waals surface area (Å²) in [7, 11) is 1.83. The zero-order valence-corrected chi connectivity index (χ0v) is 20.5. The highest BCUT2D eigenvalue weighted by Crippen LogP contribution is 2.26. The number of amides is 1. The maximum Gasteiger partial charge on any atom is 0.233 e. The van der Waals surface area contributed by atoms with E-state index in [2.05, 4.69) is 15.6 Å². The van der Waals surface area contributed by atoms with Crippen molar-refractivity contribution in [2.45, 2.75) is 32.2 Å². The van der Waals surface area contributed by atoms with Crippen molar-refractivity contribution in [2.75, 3.05) is 12.8 Å². The highest BCUT2D eigenvalue weighted by Gasteiger charge is 2.18. The molecule has 170 valence electrons. The van der Waals surface area contributed by atoms with Gasteiger partial charge in [-0.1, -0.05) is 48.2 Å². The zero-order chi connectivity index (χ0) is 23.2. The fraction of sp³-hybridized carbons (Fsp3) is 0.240. The first-order valence-electron chi connectivity index (χ1n) is 10.6. The van der Waals surface area contributed by atoms with E-state index in [0.717, 1.165) is 28.1 Å². The number of aryl methyl sites for hydroxylation is 2. The van der Waals surface area contributed by atoms with E-state index in [1.54, 1.807) is 16.2 Å². The molecular formula is C25H26N4O2S2. The molecule has 0 saturated heterocycles. The summed E-state index contributed by atoms with van der Waals surface area (Å²) < 4.78 is 8.11. The number of hydrogen-bond acceptors (Lipinski definition) is 6. The number of thiophene rings is 1. The molecule has 0 atom stereocenters. The average Bonchev–Trinajstić information content (AvgIpc) is 3.47. The topological polar surface area (TPSA) is 60.3 Å². The Labute approximate surface area is 202 Å². The molecule has 1 amide bonds. The van der Waals surface area contributed by atoms with Crippen LogP contribution in [-0.4, -0.2) is 38.4 Å². The molecule has 2 aromatic carbocycles. The lowest BCUT2D eigenvalue weighted by Gasteiger charge is -2.16. The van der Waals surface area contributed by atoms with Crippen LogP contribution in [0.15, 0.2) is 70.5 Å². The predicted molar refractivity (Wildman–Crippen MR) is 133 cm³/mol. The van der Waals surface area contributed by atoms with Crippen molar-refractivity contribution < 1.29 is 9.53 Å². The third-order valence-electron chi connectivity index (χ3n) is 5.22. The third kappa shape index (κ3) is 5.64. The number of hydrogen-bond donors (Lipinski definition) is 0. The standard InChI is InChI=1S/C25H26N4O2S2/c1-18-8-7-9-19(2)24(18)31-15-22-26-27-25(29(22)21-10-5-4-6-11-21)33-17-23(30)28(3)14-20-12-13-32-16-20/h4-13,16H,14-15,17H2,1-3H3. The fourth-order valence-electron chi connectivity index (χ4n) is 3.47. The van der Waals surface area contributed by atoms with Gasteiger partial charge in [0, 0.05) is 19.3 Å². The van der Waals surface area contributed by atoms with Gasteiger partial charge in [-0.05, 0) is 59.5 Å². The second-order valence-electron chi connectivity index (χ2n) is 7.75. The van der Waals surface area contributed by atoms with Gasteiger partial charge in [0.15, 0.2) is 11.0 Å². The molecule has 2 heterocycles. The van der Waals surface area contributed by atoms with Gasteiger partial charge in [0.25, 0.3) is 0 Å². The van der Waals surface area contributed by atoms with Crippen molar-refractivity contribution in [3.05, 3.63) is 87.9 Å². The van der Waals surface area contributed by atoms with Crippen LogP contribution in [0.5, 0.6) is 5.75 Å². The van der Waals surface area contributed by atoms with Crippen LogP contribution in [-0.2, 0) is 17.9 Å². The summed E-state index contributed by atoms with van der Waals surface area (Å²) in [5, 5.41) is 13.5. The Morgan fingerprint density at radius 2 is 1.82 bits per heavy atom. The summed E-state index contributed by atoms with van der Waals surface area (Å²) in [6.45, 7) is 4.94. The molecule has 0 N–H and O–H groups in total. The molecule has 0 aliphatic heterocycles. The van der Waals surface area contributed by atoms with Gasteiger partial charge in [0.1, 0.15) is 12.4 Å². The van der Waals surface area contributed by atoms with Crippen molar-refractivity contribution in [3.63, 3.8) is 0 Å². The first kappa shape index (κ1) is 23.1. The van der Waals surface area contributed by atoms with E-state index >= 15 is 0 Å². The van der Waals surface area contributed by atoms with Crippen molar-refractivity contribution in [1.29, 1.82) is 0 Å². The van der Waals surface area contributed by atoms with E-state index in [4.69, 9.17) is 4.74 Å². The first-order valence-corrected chi connectivity index (χ1v) is 12.5. The quantitative estimate of drug-likeness (QED) is 0.307. The third-order valence-corrected chi connectivity index (χ3v) is 6.87. The first-order chi connectivity index (χ1) is 16.0. The van der Waals surface area contributed by atoms with Crippen LogP contribution in [0.4, 0.5) is 0 Å². The molecular weight excluding hydrogens is 452 g/mol. The number of thioether (sulfide) groups is 1. The Morgan fingerprint density at radius 3 is 2.52 bits per heavy atom. The molecule has 0 spiro atoms. The zero-order valence-electron chi connectivity index (χ0n) is 18.9. The summed E-state index contributed by atoms with van der Waals surface area (Å²) in [4.78, 5) is 14.4. The van der Waals surface area contributed by atoms with E-state index in [9.17, 15) is 4.79 Å². The number of aromatic nitrogens is 3. The Morgan fingerprint density at radius 1 is 1.06 bits per heavy atom. The Bertz CT molecular complexity index is 1190. The van der Waals surface area contributed by atoms with Crippen molar-refractivity contribution >= 4 is 29.0 Å². The maximum atomic E-state index is 12.7. The van der Waals surface area contributed by atoms with Gasteiger partial charge in [-0.25, -0.2) is 0 Å². The van der Waals surface area contributed by atoms with Gasteiger partial charge in [0.05, 0.1) is 5.75 Å². The number of nitrogens with zero attached hydrogens (tertiary/aromatic N) is 4. The molecule has 2 aromatic heterocycles. The van der Waals surface area contributed by atoms with E-state index < -0.39 is 0 Å². The second kappa shape index (κ2) is 10.7. The van der Waals surface area contributed by atoms with Gasteiger partial charge in [-0.3, -0.25) is 9.36 Å². The van der Waals surface area contributed by atoms with Crippen LogP contribution < -0.4 is 4.74 Å². The van der Waals surface area contributed by atoms with Gasteiger partial charge >= 0.3 is 0 Å². The number of carbonyl (C=O) groups is 1. The lowest BCUT2D eigenvalue weighted by molar-refractivity contribution is -0.127. The van der Waals surface area contributed by atoms with Crippen LogP contribution in [0, 0.1) is 13.8 Å². The summed E-state index contributed by atoms with van der Waals surface area (Å²) in [5.74, 6) is 1.87. The highest BCUT2D eigenvalue weighted by molar-refractivity contribution is 7.99. The van der Waals surface area contributed by atoms with Gasteiger partial charge < -0.3 is 9.64 Å².